The molecule has 106 valence electrons. The fourth-order valence-corrected chi connectivity index (χ4v) is 1.64. The summed E-state index contributed by atoms with van der Waals surface area (Å²) in [6.07, 6.45) is 0. The van der Waals surface area contributed by atoms with Gasteiger partial charge in [0.05, 0.1) is 13.7 Å². The molecule has 0 aliphatic carbocycles. The van der Waals surface area contributed by atoms with E-state index in [2.05, 4.69) is 10.1 Å². The van der Waals surface area contributed by atoms with Crippen LogP contribution in [0.25, 0.3) is 11.4 Å². The zero-order valence-corrected chi connectivity index (χ0v) is 11.6. The molecule has 0 aliphatic rings. The molecular formula is C14H16N2O4. The van der Waals surface area contributed by atoms with Crippen molar-refractivity contribution in [3.05, 3.63) is 30.2 Å². The number of carbonyl (C=O) groups excluding carboxylic acids is 1. The summed E-state index contributed by atoms with van der Waals surface area (Å²) >= 11 is 0. The lowest BCUT2D eigenvalue weighted by Gasteiger charge is -2.04. The summed E-state index contributed by atoms with van der Waals surface area (Å²) in [5.74, 6) is 0.470. The first-order valence-electron chi connectivity index (χ1n) is 6.30. The number of rotatable bonds is 5. The third kappa shape index (κ3) is 2.96. The molecule has 0 N–H and O–H groups in total. The summed E-state index contributed by atoms with van der Waals surface area (Å²) in [5.41, 5.74) is 0.789. The van der Waals surface area contributed by atoms with Gasteiger partial charge in [0.15, 0.2) is 0 Å². The van der Waals surface area contributed by atoms with Crippen LogP contribution in [-0.4, -0.2) is 29.8 Å². The van der Waals surface area contributed by atoms with E-state index in [0.29, 0.717) is 12.4 Å². The van der Waals surface area contributed by atoms with Crippen LogP contribution in [0.3, 0.4) is 0 Å². The highest BCUT2D eigenvalue weighted by molar-refractivity contribution is 5.76. The number of esters is 1. The van der Waals surface area contributed by atoms with Gasteiger partial charge in [0.25, 0.3) is 0 Å². The minimum Gasteiger partial charge on any atom is -0.497 e. The van der Waals surface area contributed by atoms with Gasteiger partial charge in [-0.25, -0.2) is 0 Å². The number of carbonyl (C=O) groups is 1. The van der Waals surface area contributed by atoms with Crippen LogP contribution in [-0.2, 0) is 9.53 Å². The topological polar surface area (TPSA) is 74.5 Å². The molecule has 0 fully saturated rings. The third-order valence-electron chi connectivity index (χ3n) is 2.80. The molecular weight excluding hydrogens is 260 g/mol. The van der Waals surface area contributed by atoms with Crippen molar-refractivity contribution in [3.63, 3.8) is 0 Å². The first-order valence-corrected chi connectivity index (χ1v) is 6.30. The van der Waals surface area contributed by atoms with Crippen molar-refractivity contribution in [1.29, 1.82) is 0 Å². The zero-order chi connectivity index (χ0) is 14.5. The molecule has 0 bridgehead atoms. The van der Waals surface area contributed by atoms with E-state index in [1.54, 1.807) is 33.1 Å². The lowest BCUT2D eigenvalue weighted by molar-refractivity contribution is -0.145. The molecule has 1 unspecified atom stereocenters. The molecule has 0 spiro atoms. The Bertz CT molecular complexity index is 577. The summed E-state index contributed by atoms with van der Waals surface area (Å²) in [7, 11) is 1.60. The van der Waals surface area contributed by atoms with E-state index in [9.17, 15) is 4.79 Å². The van der Waals surface area contributed by atoms with Gasteiger partial charge in [-0.3, -0.25) is 4.79 Å². The van der Waals surface area contributed by atoms with Crippen LogP contribution in [0.2, 0.25) is 0 Å². The Kier molecular flexibility index (Phi) is 4.34. The normalized spacial score (nSPS) is 11.9. The maximum atomic E-state index is 11.6. The highest BCUT2D eigenvalue weighted by atomic mass is 16.5. The van der Waals surface area contributed by atoms with Crippen LogP contribution in [0, 0.1) is 0 Å². The van der Waals surface area contributed by atoms with Crippen molar-refractivity contribution in [1.82, 2.24) is 10.1 Å². The first-order chi connectivity index (χ1) is 9.65. The molecule has 6 heteroatoms. The van der Waals surface area contributed by atoms with Gasteiger partial charge in [-0.2, -0.15) is 4.98 Å². The van der Waals surface area contributed by atoms with E-state index in [1.165, 1.54) is 0 Å². The van der Waals surface area contributed by atoms with Crippen molar-refractivity contribution < 1.29 is 18.8 Å². The quantitative estimate of drug-likeness (QED) is 0.781. The van der Waals surface area contributed by atoms with Crippen LogP contribution >= 0.6 is 0 Å². The molecule has 0 saturated heterocycles. The summed E-state index contributed by atoms with van der Waals surface area (Å²) in [5, 5.41) is 3.87. The Hall–Kier alpha value is -2.37. The van der Waals surface area contributed by atoms with E-state index >= 15 is 0 Å². The van der Waals surface area contributed by atoms with Crippen LogP contribution < -0.4 is 4.74 Å². The fourth-order valence-electron chi connectivity index (χ4n) is 1.64. The molecule has 2 rings (SSSR count). The Morgan fingerprint density at radius 3 is 2.65 bits per heavy atom. The van der Waals surface area contributed by atoms with Crippen molar-refractivity contribution in [2.45, 2.75) is 19.8 Å². The van der Waals surface area contributed by atoms with Crippen LogP contribution in [0.5, 0.6) is 5.75 Å². The lowest BCUT2D eigenvalue weighted by Crippen LogP contribution is -2.13. The number of aromatic nitrogens is 2. The van der Waals surface area contributed by atoms with E-state index in [1.807, 2.05) is 12.1 Å². The lowest BCUT2D eigenvalue weighted by atomic mass is 10.2. The number of ether oxygens (including phenoxy) is 2. The van der Waals surface area contributed by atoms with Crippen LogP contribution in [0.4, 0.5) is 0 Å². The highest BCUT2D eigenvalue weighted by Crippen LogP contribution is 2.22. The molecule has 6 nitrogen and oxygen atoms in total. The maximum absolute atomic E-state index is 11.6. The summed E-state index contributed by atoms with van der Waals surface area (Å²) < 4.78 is 15.1. The molecule has 0 aliphatic heterocycles. The summed E-state index contributed by atoms with van der Waals surface area (Å²) in [4.78, 5) is 15.8. The molecule has 0 radical (unpaired) electrons. The largest absolute Gasteiger partial charge is 0.497 e. The average molecular weight is 276 g/mol. The molecule has 1 atom stereocenters. The Balaban J connectivity index is 2.17. The first kappa shape index (κ1) is 14.0. The van der Waals surface area contributed by atoms with Gasteiger partial charge in [-0.05, 0) is 38.1 Å². The second-order valence-corrected chi connectivity index (χ2v) is 4.16. The van der Waals surface area contributed by atoms with Gasteiger partial charge >= 0.3 is 5.97 Å². The van der Waals surface area contributed by atoms with Crippen molar-refractivity contribution in [3.8, 4) is 17.1 Å². The standard InChI is InChI=1S/C14H16N2O4/c1-4-19-14(17)9(2)13-15-12(16-20-13)10-5-7-11(18-3)8-6-10/h5-9H,4H2,1-3H3. The van der Waals surface area contributed by atoms with Crippen LogP contribution in [0.15, 0.2) is 28.8 Å². The fraction of sp³-hybridized carbons (Fsp3) is 0.357. The number of hydrogen-bond acceptors (Lipinski definition) is 6. The number of methoxy groups -OCH3 is 1. The third-order valence-corrected chi connectivity index (χ3v) is 2.80. The molecule has 2 aromatic rings. The second-order valence-electron chi connectivity index (χ2n) is 4.16. The number of hydrogen-bond donors (Lipinski definition) is 0. The molecule has 1 heterocycles. The number of benzene rings is 1. The smallest absolute Gasteiger partial charge is 0.318 e. The van der Waals surface area contributed by atoms with Crippen molar-refractivity contribution in [2.75, 3.05) is 13.7 Å². The van der Waals surface area contributed by atoms with Gasteiger partial charge in [0, 0.05) is 5.56 Å². The predicted octanol–water partition coefficient (Wildman–Crippen LogP) is 2.41. The van der Waals surface area contributed by atoms with Crippen molar-refractivity contribution in [2.24, 2.45) is 0 Å². The van der Waals surface area contributed by atoms with E-state index in [-0.39, 0.29) is 11.9 Å². The number of nitrogens with zero attached hydrogens (tertiary/aromatic N) is 2. The Labute approximate surface area is 116 Å². The SMILES string of the molecule is CCOC(=O)C(C)c1nc(-c2ccc(OC)cc2)no1. The molecule has 20 heavy (non-hydrogen) atoms. The predicted molar refractivity (Wildman–Crippen MR) is 71.3 cm³/mol. The van der Waals surface area contributed by atoms with Crippen LogP contribution in [0.1, 0.15) is 25.7 Å². The minimum atomic E-state index is -0.575. The Morgan fingerprint density at radius 1 is 1.35 bits per heavy atom. The average Bonchev–Trinajstić information content (AvgIpc) is 2.96. The van der Waals surface area contributed by atoms with E-state index in [4.69, 9.17) is 14.0 Å². The second kappa shape index (κ2) is 6.18. The molecule has 1 aromatic heterocycles. The van der Waals surface area contributed by atoms with Gasteiger partial charge in [0.1, 0.15) is 11.7 Å². The zero-order valence-electron chi connectivity index (χ0n) is 11.6. The summed E-state index contributed by atoms with van der Waals surface area (Å²) in [6, 6.07) is 7.26. The van der Waals surface area contributed by atoms with Crippen molar-refractivity contribution >= 4 is 5.97 Å². The maximum Gasteiger partial charge on any atom is 0.318 e. The Morgan fingerprint density at radius 2 is 2.05 bits per heavy atom. The summed E-state index contributed by atoms with van der Waals surface area (Å²) in [6.45, 7) is 3.74. The molecule has 0 amide bonds. The molecule has 0 saturated carbocycles. The van der Waals surface area contributed by atoms with E-state index in [0.717, 1.165) is 11.3 Å². The monoisotopic (exact) mass is 276 g/mol. The minimum absolute atomic E-state index is 0.245. The van der Waals surface area contributed by atoms with E-state index < -0.39 is 5.92 Å². The highest BCUT2D eigenvalue weighted by Gasteiger charge is 2.23. The van der Waals surface area contributed by atoms with Gasteiger partial charge in [0.2, 0.25) is 11.7 Å². The molecule has 1 aromatic carbocycles. The van der Waals surface area contributed by atoms with Gasteiger partial charge < -0.3 is 14.0 Å². The van der Waals surface area contributed by atoms with Gasteiger partial charge in [-0.15, -0.1) is 0 Å². The van der Waals surface area contributed by atoms with Gasteiger partial charge in [-0.1, -0.05) is 5.16 Å².